The minimum Gasteiger partial charge on any atom is -0.381 e. The lowest BCUT2D eigenvalue weighted by Crippen LogP contribution is -2.53. The molecule has 0 saturated carbocycles. The number of carbonyl (C=O) groups excluding carboxylic acids is 1. The minimum atomic E-state index is -0.307. The van der Waals surface area contributed by atoms with E-state index in [9.17, 15) is 9.18 Å². The molecular weight excluding hydrogens is 323 g/mol. The van der Waals surface area contributed by atoms with Crippen LogP contribution < -0.4 is 4.90 Å². The van der Waals surface area contributed by atoms with E-state index in [0.29, 0.717) is 6.04 Å². The number of pyridine rings is 1. The zero-order valence-electron chi connectivity index (χ0n) is 14.4. The average molecular weight is 348 g/mol. The predicted molar refractivity (Wildman–Crippen MR) is 91.9 cm³/mol. The van der Waals surface area contributed by atoms with Gasteiger partial charge in [0.2, 0.25) is 5.91 Å². The van der Waals surface area contributed by atoms with E-state index in [0.717, 1.165) is 70.9 Å². The van der Waals surface area contributed by atoms with Crippen molar-refractivity contribution in [3.8, 4) is 0 Å². The summed E-state index contributed by atoms with van der Waals surface area (Å²) in [6.45, 7) is 5.64. The first kappa shape index (κ1) is 16.7. The second kappa shape index (κ2) is 7.25. The van der Waals surface area contributed by atoms with E-state index in [1.165, 1.54) is 12.3 Å². The molecule has 1 aromatic heterocycles. The maximum Gasteiger partial charge on any atom is 0.240 e. The number of anilines is 1. The first-order valence-electron chi connectivity index (χ1n) is 9.20. The molecule has 7 heteroatoms. The Kier molecular flexibility index (Phi) is 4.85. The smallest absolute Gasteiger partial charge is 0.240 e. The van der Waals surface area contributed by atoms with Gasteiger partial charge in [-0.3, -0.25) is 14.7 Å². The second-order valence-electron chi connectivity index (χ2n) is 7.06. The summed E-state index contributed by atoms with van der Waals surface area (Å²) >= 11 is 0. The highest BCUT2D eigenvalue weighted by atomic mass is 19.1. The molecule has 0 radical (unpaired) electrons. The van der Waals surface area contributed by atoms with Gasteiger partial charge < -0.3 is 14.5 Å². The molecule has 1 atom stereocenters. The van der Waals surface area contributed by atoms with Gasteiger partial charge in [0.25, 0.3) is 0 Å². The number of rotatable bonds is 3. The Hall–Kier alpha value is -1.73. The third-order valence-corrected chi connectivity index (χ3v) is 5.65. The van der Waals surface area contributed by atoms with Crippen LogP contribution in [0.2, 0.25) is 0 Å². The van der Waals surface area contributed by atoms with E-state index in [1.54, 1.807) is 6.20 Å². The summed E-state index contributed by atoms with van der Waals surface area (Å²) in [4.78, 5) is 23.3. The standard InChI is InChI=1S/C18H25FN4O2/c19-14-11-16(13-20-12-14)21-5-7-22(8-6-21)17-1-4-23(18(17)24)15-2-9-25-10-3-15/h11-13,15,17H,1-10H2. The van der Waals surface area contributed by atoms with Crippen LogP contribution in [0.1, 0.15) is 19.3 Å². The van der Waals surface area contributed by atoms with Crippen LogP contribution in [0.4, 0.5) is 10.1 Å². The Morgan fingerprint density at radius 3 is 2.52 bits per heavy atom. The van der Waals surface area contributed by atoms with Crippen molar-refractivity contribution < 1.29 is 13.9 Å². The van der Waals surface area contributed by atoms with E-state index in [2.05, 4.69) is 19.7 Å². The summed E-state index contributed by atoms with van der Waals surface area (Å²) in [7, 11) is 0. The maximum atomic E-state index is 13.4. The van der Waals surface area contributed by atoms with Crippen LogP contribution in [-0.4, -0.2) is 78.7 Å². The van der Waals surface area contributed by atoms with Crippen LogP contribution in [0.5, 0.6) is 0 Å². The van der Waals surface area contributed by atoms with Gasteiger partial charge in [0.1, 0.15) is 5.82 Å². The van der Waals surface area contributed by atoms with Gasteiger partial charge in [0.15, 0.2) is 0 Å². The topological polar surface area (TPSA) is 48.9 Å². The molecular formula is C18H25FN4O2. The molecule has 0 bridgehead atoms. The number of aromatic nitrogens is 1. The van der Waals surface area contributed by atoms with Gasteiger partial charge in [-0.1, -0.05) is 0 Å². The number of amides is 1. The number of ether oxygens (including phenoxy) is 1. The van der Waals surface area contributed by atoms with E-state index < -0.39 is 0 Å². The van der Waals surface area contributed by atoms with Gasteiger partial charge >= 0.3 is 0 Å². The SMILES string of the molecule is O=C1C(N2CCN(c3cncc(F)c3)CC2)CCN1C1CCOCC1. The van der Waals surface area contributed by atoms with Crippen molar-refractivity contribution >= 4 is 11.6 Å². The Bertz CT molecular complexity index is 615. The summed E-state index contributed by atoms with van der Waals surface area (Å²) in [6.07, 6.45) is 5.75. The highest BCUT2D eigenvalue weighted by Crippen LogP contribution is 2.26. The third-order valence-electron chi connectivity index (χ3n) is 5.65. The molecule has 3 aliphatic rings. The maximum absolute atomic E-state index is 13.4. The number of hydrogen-bond donors (Lipinski definition) is 0. The number of carbonyl (C=O) groups is 1. The zero-order chi connectivity index (χ0) is 17.2. The first-order chi connectivity index (χ1) is 12.2. The number of piperazine rings is 1. The summed E-state index contributed by atoms with van der Waals surface area (Å²) in [5.74, 6) is -0.0224. The van der Waals surface area contributed by atoms with Gasteiger partial charge in [-0.05, 0) is 19.3 Å². The predicted octanol–water partition coefficient (Wildman–Crippen LogP) is 1.12. The molecule has 0 N–H and O–H groups in total. The molecule has 3 fully saturated rings. The van der Waals surface area contributed by atoms with Crippen molar-refractivity contribution in [2.24, 2.45) is 0 Å². The molecule has 0 spiro atoms. The second-order valence-corrected chi connectivity index (χ2v) is 7.06. The summed E-state index contributed by atoms with van der Waals surface area (Å²) in [5, 5.41) is 0. The Morgan fingerprint density at radius 2 is 1.80 bits per heavy atom. The minimum absolute atomic E-state index is 0.00984. The molecule has 3 aliphatic heterocycles. The fraction of sp³-hybridized carbons (Fsp3) is 0.667. The van der Waals surface area contributed by atoms with Crippen LogP contribution in [-0.2, 0) is 9.53 Å². The molecule has 3 saturated heterocycles. The number of likely N-dealkylation sites (tertiary alicyclic amines) is 1. The number of halogens is 1. The van der Waals surface area contributed by atoms with Crippen LogP contribution in [0.25, 0.3) is 0 Å². The zero-order valence-corrected chi connectivity index (χ0v) is 14.4. The molecule has 0 aromatic carbocycles. The lowest BCUT2D eigenvalue weighted by molar-refractivity contribution is -0.135. The van der Waals surface area contributed by atoms with Crippen LogP contribution >= 0.6 is 0 Å². The van der Waals surface area contributed by atoms with Crippen molar-refractivity contribution in [2.75, 3.05) is 50.8 Å². The third kappa shape index (κ3) is 3.48. The highest BCUT2D eigenvalue weighted by molar-refractivity contribution is 5.84. The Labute approximate surface area is 147 Å². The molecule has 25 heavy (non-hydrogen) atoms. The van der Waals surface area contributed by atoms with Crippen molar-refractivity contribution in [3.05, 3.63) is 24.3 Å². The van der Waals surface area contributed by atoms with Crippen LogP contribution in [0.15, 0.2) is 18.5 Å². The van der Waals surface area contributed by atoms with E-state index in [-0.39, 0.29) is 17.8 Å². The van der Waals surface area contributed by atoms with Crippen molar-refractivity contribution in [1.29, 1.82) is 0 Å². The van der Waals surface area contributed by atoms with Gasteiger partial charge in [-0.25, -0.2) is 4.39 Å². The van der Waals surface area contributed by atoms with Gasteiger partial charge in [-0.2, -0.15) is 0 Å². The lowest BCUT2D eigenvalue weighted by atomic mass is 10.1. The van der Waals surface area contributed by atoms with E-state index >= 15 is 0 Å². The molecule has 0 aliphatic carbocycles. The molecule has 136 valence electrons. The summed E-state index contributed by atoms with van der Waals surface area (Å²) < 4.78 is 18.8. The molecule has 4 heterocycles. The number of nitrogens with zero attached hydrogens (tertiary/aromatic N) is 4. The van der Waals surface area contributed by atoms with Gasteiger partial charge in [0.05, 0.1) is 24.1 Å². The number of hydrogen-bond acceptors (Lipinski definition) is 5. The monoisotopic (exact) mass is 348 g/mol. The molecule has 6 nitrogen and oxygen atoms in total. The van der Waals surface area contributed by atoms with Crippen LogP contribution in [0, 0.1) is 5.82 Å². The van der Waals surface area contributed by atoms with Crippen LogP contribution in [0.3, 0.4) is 0 Å². The Morgan fingerprint density at radius 1 is 1.04 bits per heavy atom. The fourth-order valence-corrected chi connectivity index (χ4v) is 4.25. The van der Waals surface area contributed by atoms with Gasteiger partial charge in [0, 0.05) is 58.0 Å². The molecule has 1 aromatic rings. The first-order valence-corrected chi connectivity index (χ1v) is 9.20. The molecule has 4 rings (SSSR count). The summed E-state index contributed by atoms with van der Waals surface area (Å²) in [5.41, 5.74) is 0.821. The average Bonchev–Trinajstić information content (AvgIpc) is 3.04. The lowest BCUT2D eigenvalue weighted by Gasteiger charge is -2.38. The molecule has 1 amide bonds. The van der Waals surface area contributed by atoms with E-state index in [1.807, 2.05) is 0 Å². The van der Waals surface area contributed by atoms with Gasteiger partial charge in [-0.15, -0.1) is 0 Å². The largest absolute Gasteiger partial charge is 0.381 e. The van der Waals surface area contributed by atoms with E-state index in [4.69, 9.17) is 4.74 Å². The quantitative estimate of drug-likeness (QED) is 0.819. The highest BCUT2D eigenvalue weighted by Gasteiger charge is 2.40. The van der Waals surface area contributed by atoms with Crippen molar-refractivity contribution in [1.82, 2.24) is 14.8 Å². The fourth-order valence-electron chi connectivity index (χ4n) is 4.25. The van der Waals surface area contributed by atoms with Crippen molar-refractivity contribution in [2.45, 2.75) is 31.3 Å². The van der Waals surface area contributed by atoms with Crippen molar-refractivity contribution in [3.63, 3.8) is 0 Å². The summed E-state index contributed by atoms with van der Waals surface area (Å²) in [6, 6.07) is 1.89. The Balaban J connectivity index is 1.34. The normalized spacial score (nSPS) is 26.4. The molecule has 1 unspecified atom stereocenters.